The van der Waals surface area contributed by atoms with E-state index in [1.54, 1.807) is 23.8 Å². The minimum Gasteiger partial charge on any atom is -0.480 e. The largest absolute Gasteiger partial charge is 0.480 e. The van der Waals surface area contributed by atoms with Crippen LogP contribution in [0.25, 0.3) is 0 Å². The molecule has 0 radical (unpaired) electrons. The zero-order valence-corrected chi connectivity index (χ0v) is 12.2. The molecule has 1 unspecified atom stereocenters. The summed E-state index contributed by atoms with van der Waals surface area (Å²) in [6.07, 6.45) is 2.16. The van der Waals surface area contributed by atoms with E-state index in [4.69, 9.17) is 5.11 Å². The second-order valence-corrected chi connectivity index (χ2v) is 5.23. The van der Waals surface area contributed by atoms with Crippen LogP contribution in [0.4, 0.5) is 0 Å². The van der Waals surface area contributed by atoms with Crippen molar-refractivity contribution in [2.75, 3.05) is 0 Å². The number of carboxylic acids is 1. The molecule has 0 aliphatic carbocycles. The number of halogens is 1. The molecular weight excluding hydrogens is 300 g/mol. The Morgan fingerprint density at radius 2 is 2.11 bits per heavy atom. The molecule has 6 heteroatoms. The number of carbonyl (C=O) groups excluding carboxylic acids is 1. The van der Waals surface area contributed by atoms with E-state index >= 15 is 0 Å². The molecule has 0 saturated heterocycles. The van der Waals surface area contributed by atoms with Gasteiger partial charge in [0.05, 0.1) is 0 Å². The van der Waals surface area contributed by atoms with Crippen LogP contribution in [0, 0.1) is 0 Å². The lowest BCUT2D eigenvalue weighted by Gasteiger charge is -2.15. The number of rotatable bonds is 5. The summed E-state index contributed by atoms with van der Waals surface area (Å²) in [6.45, 7) is 5.63. The molecule has 0 bridgehead atoms. The highest BCUT2D eigenvalue weighted by Crippen LogP contribution is 2.19. The molecule has 0 saturated carbocycles. The van der Waals surface area contributed by atoms with E-state index in [0.29, 0.717) is 12.1 Å². The van der Waals surface area contributed by atoms with Crippen LogP contribution in [-0.2, 0) is 4.79 Å². The quantitative estimate of drug-likeness (QED) is 0.876. The molecule has 1 atom stereocenters. The summed E-state index contributed by atoms with van der Waals surface area (Å²) in [4.78, 5) is 22.9. The molecular formula is C12H17BrN2O3. The lowest BCUT2D eigenvalue weighted by Crippen LogP contribution is -2.41. The number of amides is 1. The highest BCUT2D eigenvalue weighted by atomic mass is 79.9. The summed E-state index contributed by atoms with van der Waals surface area (Å²) in [5, 5.41) is 11.4. The summed E-state index contributed by atoms with van der Waals surface area (Å²) in [5.74, 6) is -1.39. The fourth-order valence-corrected chi connectivity index (χ4v) is 2.06. The summed E-state index contributed by atoms with van der Waals surface area (Å²) < 4.78 is 2.60. The number of aromatic nitrogens is 1. The van der Waals surface area contributed by atoms with Crippen LogP contribution in [0.2, 0.25) is 0 Å². The Balaban J connectivity index is 2.93. The predicted octanol–water partition coefficient (Wildman–Crippen LogP) is 2.42. The van der Waals surface area contributed by atoms with Gasteiger partial charge in [0.1, 0.15) is 11.7 Å². The molecule has 0 aliphatic rings. The first-order valence-electron chi connectivity index (χ1n) is 5.77. The van der Waals surface area contributed by atoms with Gasteiger partial charge in [-0.25, -0.2) is 4.79 Å². The molecule has 2 N–H and O–H groups in total. The van der Waals surface area contributed by atoms with E-state index in [2.05, 4.69) is 21.2 Å². The monoisotopic (exact) mass is 316 g/mol. The molecule has 0 aromatic carbocycles. The third-order valence-electron chi connectivity index (χ3n) is 2.62. The molecule has 1 aromatic rings. The molecule has 0 spiro atoms. The maximum Gasteiger partial charge on any atom is 0.326 e. The molecule has 18 heavy (non-hydrogen) atoms. The zero-order chi connectivity index (χ0) is 13.9. The third kappa shape index (κ3) is 3.35. The van der Waals surface area contributed by atoms with Gasteiger partial charge in [-0.05, 0) is 42.3 Å². The number of carboxylic acid groups (broad SMARTS) is 1. The van der Waals surface area contributed by atoms with Gasteiger partial charge in [-0.1, -0.05) is 6.92 Å². The van der Waals surface area contributed by atoms with Gasteiger partial charge in [0.25, 0.3) is 5.91 Å². The standard InChI is InChI=1S/C12H17BrN2O3/c1-4-9(12(17)18)14-11(16)10-5-8(13)6-15(10)7(2)3/h5-7,9H,4H2,1-3H3,(H,14,16)(H,17,18). The Morgan fingerprint density at radius 3 is 2.56 bits per heavy atom. The van der Waals surface area contributed by atoms with Gasteiger partial charge < -0.3 is 15.0 Å². The van der Waals surface area contributed by atoms with Gasteiger partial charge in [-0.2, -0.15) is 0 Å². The maximum absolute atomic E-state index is 12.0. The number of hydrogen-bond donors (Lipinski definition) is 2. The molecule has 1 amide bonds. The van der Waals surface area contributed by atoms with Crippen LogP contribution < -0.4 is 5.32 Å². The van der Waals surface area contributed by atoms with Crippen molar-refractivity contribution in [3.63, 3.8) is 0 Å². The van der Waals surface area contributed by atoms with Gasteiger partial charge in [0.15, 0.2) is 0 Å². The van der Waals surface area contributed by atoms with Gasteiger partial charge in [-0.3, -0.25) is 4.79 Å². The van der Waals surface area contributed by atoms with Crippen molar-refractivity contribution in [3.8, 4) is 0 Å². The summed E-state index contributed by atoms with van der Waals surface area (Å²) in [5.41, 5.74) is 0.455. The van der Waals surface area contributed by atoms with Crippen LogP contribution in [0.1, 0.15) is 43.7 Å². The van der Waals surface area contributed by atoms with Crippen LogP contribution in [0.3, 0.4) is 0 Å². The van der Waals surface area contributed by atoms with Crippen LogP contribution >= 0.6 is 15.9 Å². The number of nitrogens with zero attached hydrogens (tertiary/aromatic N) is 1. The van der Waals surface area contributed by atoms with Crippen molar-refractivity contribution in [2.45, 2.75) is 39.3 Å². The zero-order valence-electron chi connectivity index (χ0n) is 10.6. The van der Waals surface area contributed by atoms with Crippen LogP contribution in [-0.4, -0.2) is 27.6 Å². The van der Waals surface area contributed by atoms with Crippen molar-refractivity contribution in [1.82, 2.24) is 9.88 Å². The van der Waals surface area contributed by atoms with Crippen LogP contribution in [0.5, 0.6) is 0 Å². The van der Waals surface area contributed by atoms with Crippen molar-refractivity contribution >= 4 is 27.8 Å². The maximum atomic E-state index is 12.0. The summed E-state index contributed by atoms with van der Waals surface area (Å²) in [6, 6.07) is 0.956. The lowest BCUT2D eigenvalue weighted by molar-refractivity contribution is -0.139. The highest BCUT2D eigenvalue weighted by Gasteiger charge is 2.21. The molecule has 5 nitrogen and oxygen atoms in total. The number of aliphatic carboxylic acids is 1. The third-order valence-corrected chi connectivity index (χ3v) is 3.05. The second-order valence-electron chi connectivity index (χ2n) is 4.32. The first-order valence-corrected chi connectivity index (χ1v) is 6.57. The fraction of sp³-hybridized carbons (Fsp3) is 0.500. The fourth-order valence-electron chi connectivity index (χ4n) is 1.63. The first kappa shape index (κ1) is 14.8. The number of nitrogens with one attached hydrogen (secondary N) is 1. The van der Waals surface area contributed by atoms with Crippen molar-refractivity contribution in [2.24, 2.45) is 0 Å². The smallest absolute Gasteiger partial charge is 0.326 e. The summed E-state index contributed by atoms with van der Waals surface area (Å²) in [7, 11) is 0. The molecule has 100 valence electrons. The summed E-state index contributed by atoms with van der Waals surface area (Å²) >= 11 is 3.31. The molecule has 1 aromatic heterocycles. The number of hydrogen-bond acceptors (Lipinski definition) is 2. The minimum atomic E-state index is -1.02. The van der Waals surface area contributed by atoms with Gasteiger partial charge in [0.2, 0.25) is 0 Å². The van der Waals surface area contributed by atoms with E-state index in [1.807, 2.05) is 13.8 Å². The van der Waals surface area contributed by atoms with Crippen molar-refractivity contribution < 1.29 is 14.7 Å². The van der Waals surface area contributed by atoms with E-state index in [9.17, 15) is 9.59 Å². The Morgan fingerprint density at radius 1 is 1.50 bits per heavy atom. The first-order chi connectivity index (χ1) is 8.36. The van der Waals surface area contributed by atoms with E-state index < -0.39 is 12.0 Å². The topological polar surface area (TPSA) is 71.3 Å². The van der Waals surface area contributed by atoms with Crippen molar-refractivity contribution in [3.05, 3.63) is 22.4 Å². The minimum absolute atomic E-state index is 0.127. The Hall–Kier alpha value is -1.30. The average Bonchev–Trinajstić information content (AvgIpc) is 2.67. The van der Waals surface area contributed by atoms with E-state index in [0.717, 1.165) is 4.47 Å². The Bertz CT molecular complexity index is 454. The average molecular weight is 317 g/mol. The van der Waals surface area contributed by atoms with Gasteiger partial charge in [0, 0.05) is 16.7 Å². The predicted molar refractivity (Wildman–Crippen MR) is 71.7 cm³/mol. The molecule has 1 heterocycles. The van der Waals surface area contributed by atoms with Crippen LogP contribution in [0.15, 0.2) is 16.7 Å². The van der Waals surface area contributed by atoms with E-state index in [1.165, 1.54) is 0 Å². The Kier molecular flexibility index (Phi) is 4.95. The molecule has 0 aliphatic heterocycles. The molecule has 1 rings (SSSR count). The highest BCUT2D eigenvalue weighted by molar-refractivity contribution is 9.10. The molecule has 0 fully saturated rings. The van der Waals surface area contributed by atoms with E-state index in [-0.39, 0.29) is 11.9 Å². The number of carbonyl (C=O) groups is 2. The second kappa shape index (κ2) is 6.04. The van der Waals surface area contributed by atoms with Gasteiger partial charge >= 0.3 is 5.97 Å². The Labute approximate surface area is 114 Å². The van der Waals surface area contributed by atoms with Crippen molar-refractivity contribution in [1.29, 1.82) is 0 Å². The lowest BCUT2D eigenvalue weighted by atomic mass is 10.2. The van der Waals surface area contributed by atoms with Gasteiger partial charge in [-0.15, -0.1) is 0 Å². The SMILES string of the molecule is CCC(NC(=O)c1cc(Br)cn1C(C)C)C(=O)O. The normalized spacial score (nSPS) is 12.5.